The number of esters is 1. The van der Waals surface area contributed by atoms with E-state index < -0.39 is 26.5 Å². The molecule has 0 spiro atoms. The Hall–Kier alpha value is -2.52. The van der Waals surface area contributed by atoms with Gasteiger partial charge in [-0.2, -0.15) is 0 Å². The van der Waals surface area contributed by atoms with Gasteiger partial charge in [-0.3, -0.25) is 14.3 Å². The Morgan fingerprint density at radius 1 is 1.32 bits per heavy atom. The molecule has 2 N–H and O–H groups in total. The summed E-state index contributed by atoms with van der Waals surface area (Å²) in [5, 5.41) is 9.60. The van der Waals surface area contributed by atoms with Crippen molar-refractivity contribution in [2.75, 3.05) is 6.16 Å². The van der Waals surface area contributed by atoms with Gasteiger partial charge in [-0.1, -0.05) is 26.0 Å². The number of aromatic nitrogens is 1. The molecule has 1 aliphatic carbocycles. The van der Waals surface area contributed by atoms with Crippen LogP contribution in [0.25, 0.3) is 11.1 Å². The molecular weight excluding hydrogens is 420 g/mol. The molecule has 164 valence electrons. The van der Waals surface area contributed by atoms with Crippen molar-refractivity contribution < 1.29 is 28.5 Å². The fourth-order valence-corrected chi connectivity index (χ4v) is 3.77. The van der Waals surface area contributed by atoms with E-state index >= 15 is 0 Å². The van der Waals surface area contributed by atoms with Gasteiger partial charge >= 0.3 is 5.97 Å². The van der Waals surface area contributed by atoms with E-state index in [2.05, 4.69) is 12.0 Å². The van der Waals surface area contributed by atoms with Crippen molar-refractivity contribution in [2.24, 2.45) is 0 Å². The highest BCUT2D eigenvalue weighted by molar-refractivity contribution is 7.38. The summed E-state index contributed by atoms with van der Waals surface area (Å²) >= 11 is 0. The van der Waals surface area contributed by atoms with E-state index in [1.807, 2.05) is 19.9 Å². The number of rotatable bonds is 7. The monoisotopic (exact) mass is 445 g/mol. The number of halogens is 1. The molecule has 2 atom stereocenters. The lowest BCUT2D eigenvalue weighted by molar-refractivity contribution is -0.138. The van der Waals surface area contributed by atoms with Gasteiger partial charge in [0.25, 0.3) is 0 Å². The molecule has 3 rings (SSSR count). The predicted octanol–water partition coefficient (Wildman–Crippen LogP) is 3.96. The highest BCUT2D eigenvalue weighted by Crippen LogP contribution is 2.42. The van der Waals surface area contributed by atoms with Crippen LogP contribution in [0.1, 0.15) is 61.9 Å². The van der Waals surface area contributed by atoms with Gasteiger partial charge in [0.05, 0.1) is 23.8 Å². The zero-order valence-electron chi connectivity index (χ0n) is 17.4. The molecule has 1 aromatic heterocycles. The molecule has 0 saturated heterocycles. The predicted molar refractivity (Wildman–Crippen MR) is 115 cm³/mol. The zero-order chi connectivity index (χ0) is 22.5. The van der Waals surface area contributed by atoms with Gasteiger partial charge in [-0.25, -0.2) is 4.39 Å². The van der Waals surface area contributed by atoms with Crippen LogP contribution in [0.15, 0.2) is 30.3 Å². The van der Waals surface area contributed by atoms with E-state index in [4.69, 9.17) is 14.6 Å². The summed E-state index contributed by atoms with van der Waals surface area (Å²) in [6, 6.07) is 8.08. The Balaban J connectivity index is 1.93. The first-order valence-electron chi connectivity index (χ1n) is 10.2. The number of ether oxygens (including phenoxy) is 1. The van der Waals surface area contributed by atoms with E-state index in [1.54, 1.807) is 12.1 Å². The molecule has 1 fully saturated rings. The number of carbonyl (C=O) groups is 1. The van der Waals surface area contributed by atoms with Crippen molar-refractivity contribution in [3.8, 4) is 23.2 Å². The summed E-state index contributed by atoms with van der Waals surface area (Å²) in [5.41, 5.74) is 3.92. The largest absolute Gasteiger partial charge is 0.392 e. The summed E-state index contributed by atoms with van der Waals surface area (Å²) < 4.78 is 29.1. The number of hydrogen-bond acceptors (Lipinski definition) is 5. The molecule has 2 aromatic rings. The second kappa shape index (κ2) is 10.2. The van der Waals surface area contributed by atoms with E-state index in [0.29, 0.717) is 11.5 Å². The van der Waals surface area contributed by atoms with Crippen LogP contribution in [0, 0.1) is 17.8 Å². The average Bonchev–Trinajstić information content (AvgIpc) is 3.53. The van der Waals surface area contributed by atoms with Gasteiger partial charge in [0.15, 0.2) is 8.03 Å². The highest BCUT2D eigenvalue weighted by atomic mass is 31.1. The van der Waals surface area contributed by atoms with Crippen LogP contribution in [-0.2, 0) is 14.1 Å². The van der Waals surface area contributed by atoms with Crippen LogP contribution in [0.2, 0.25) is 0 Å². The Kier molecular flexibility index (Phi) is 7.61. The van der Waals surface area contributed by atoms with Gasteiger partial charge < -0.3 is 14.7 Å². The summed E-state index contributed by atoms with van der Waals surface area (Å²) in [6.07, 6.45) is 2.50. The molecule has 6 nitrogen and oxygen atoms in total. The first-order chi connectivity index (χ1) is 14.7. The number of hydrogen-bond donors (Lipinski definition) is 2. The Morgan fingerprint density at radius 3 is 2.58 bits per heavy atom. The lowest BCUT2D eigenvalue weighted by Gasteiger charge is -2.15. The maximum Gasteiger partial charge on any atom is 0.322 e. The third kappa shape index (κ3) is 6.48. The van der Waals surface area contributed by atoms with E-state index in [9.17, 15) is 18.9 Å². The van der Waals surface area contributed by atoms with Crippen LogP contribution in [0.4, 0.5) is 4.39 Å². The molecule has 1 aromatic carbocycles. The molecule has 8 heteroatoms. The van der Waals surface area contributed by atoms with E-state index in [-0.39, 0.29) is 17.9 Å². The molecule has 1 aliphatic rings. The topological polar surface area (TPSA) is 96.7 Å². The summed E-state index contributed by atoms with van der Waals surface area (Å²) in [5.74, 6) is 2.21. The van der Waals surface area contributed by atoms with Crippen LogP contribution < -0.4 is 0 Å². The van der Waals surface area contributed by atoms with Crippen LogP contribution >= 0.6 is 8.03 Å². The van der Waals surface area contributed by atoms with Crippen molar-refractivity contribution in [1.82, 2.24) is 4.98 Å². The SMILES string of the molecule is CC(C)c1nc(C2CC2)cc(-c2ccc(F)cc2)c1C#COC(=O)CC(O)C[PH](=O)O. The average molecular weight is 445 g/mol. The number of pyridine rings is 1. The van der Waals surface area contributed by atoms with Crippen molar-refractivity contribution in [3.05, 3.63) is 53.1 Å². The third-order valence-corrected chi connectivity index (χ3v) is 5.74. The molecular formula is C23H25FNO5P. The number of carbonyl (C=O) groups excluding carboxylic acids is 1. The highest BCUT2D eigenvalue weighted by Gasteiger charge is 2.27. The van der Waals surface area contributed by atoms with Crippen LogP contribution in [0.3, 0.4) is 0 Å². The third-order valence-electron chi connectivity index (χ3n) is 4.92. The number of nitrogens with zero attached hydrogens (tertiary/aromatic N) is 1. The van der Waals surface area contributed by atoms with E-state index in [0.717, 1.165) is 35.4 Å². The van der Waals surface area contributed by atoms with Gasteiger partial charge in [0.1, 0.15) is 11.9 Å². The minimum absolute atomic E-state index is 0.0573. The summed E-state index contributed by atoms with van der Waals surface area (Å²) in [4.78, 5) is 25.5. The van der Waals surface area contributed by atoms with Crippen LogP contribution in [0.5, 0.6) is 0 Å². The first kappa shape index (κ1) is 23.1. The maximum atomic E-state index is 13.5. The minimum Gasteiger partial charge on any atom is -0.392 e. The maximum absolute atomic E-state index is 13.5. The van der Waals surface area contributed by atoms with Gasteiger partial charge in [-0.05, 0) is 48.4 Å². The van der Waals surface area contributed by atoms with Gasteiger partial charge in [-0.15, -0.1) is 0 Å². The van der Waals surface area contributed by atoms with Crippen molar-refractivity contribution in [3.63, 3.8) is 0 Å². The molecule has 0 radical (unpaired) electrons. The summed E-state index contributed by atoms with van der Waals surface area (Å²) in [7, 11) is -2.88. The molecule has 2 unspecified atom stereocenters. The van der Waals surface area contributed by atoms with Crippen LogP contribution in [-0.4, -0.2) is 33.2 Å². The molecule has 31 heavy (non-hydrogen) atoms. The second-order valence-corrected chi connectivity index (χ2v) is 9.14. The quantitative estimate of drug-likeness (QED) is 0.381. The smallest absolute Gasteiger partial charge is 0.322 e. The lowest BCUT2D eigenvalue weighted by Crippen LogP contribution is -2.16. The summed E-state index contributed by atoms with van der Waals surface area (Å²) in [6.45, 7) is 4.00. The Labute approximate surface area is 181 Å². The standard InChI is InChI=1S/C23H25FNO5P/c1-14(2)23-19(9-10-30-22(27)11-18(26)13-31(28)29)20(12-21(25-23)16-3-4-16)15-5-7-17(24)8-6-15/h5-8,12,14,16,18,26,31H,3-4,11,13H2,1-2H3,(H,28,29). The molecule has 0 amide bonds. The fourth-order valence-electron chi connectivity index (χ4n) is 3.22. The van der Waals surface area contributed by atoms with Gasteiger partial charge in [0, 0.05) is 23.3 Å². The normalized spacial score (nSPS) is 15.2. The molecule has 1 saturated carbocycles. The Bertz CT molecular complexity index is 1040. The van der Waals surface area contributed by atoms with E-state index in [1.165, 1.54) is 12.1 Å². The fraction of sp³-hybridized carbons (Fsp3) is 0.391. The minimum atomic E-state index is -2.88. The second-order valence-electron chi connectivity index (χ2n) is 7.95. The molecule has 1 heterocycles. The van der Waals surface area contributed by atoms with Crippen molar-refractivity contribution >= 4 is 14.0 Å². The zero-order valence-corrected chi connectivity index (χ0v) is 18.4. The number of aliphatic hydroxyl groups is 1. The van der Waals surface area contributed by atoms with Crippen molar-refractivity contribution in [2.45, 2.75) is 51.0 Å². The van der Waals surface area contributed by atoms with Crippen molar-refractivity contribution in [1.29, 1.82) is 0 Å². The molecule has 0 aliphatic heterocycles. The number of aliphatic hydroxyl groups excluding tert-OH is 1. The van der Waals surface area contributed by atoms with Gasteiger partial charge in [0.2, 0.25) is 0 Å². The lowest BCUT2D eigenvalue weighted by atomic mass is 9.93. The Morgan fingerprint density at radius 2 is 2.00 bits per heavy atom. The molecule has 0 bridgehead atoms. The number of benzene rings is 1. The first-order valence-corrected chi connectivity index (χ1v) is 11.7.